The average Bonchev–Trinajstić information content (AvgIpc) is 3.32. The molecule has 1 saturated carbocycles. The van der Waals surface area contributed by atoms with Crippen molar-refractivity contribution in [2.24, 2.45) is 13.0 Å². The summed E-state index contributed by atoms with van der Waals surface area (Å²) < 4.78 is 102. The monoisotopic (exact) mass is 538 g/mol. The summed E-state index contributed by atoms with van der Waals surface area (Å²) in [4.78, 5) is 12.5. The van der Waals surface area contributed by atoms with E-state index in [0.29, 0.717) is 16.3 Å². The average molecular weight is 539 g/mol. The maximum Gasteiger partial charge on any atom is 0.430 e. The second-order valence-corrected chi connectivity index (χ2v) is 8.85. The number of aryl methyl sites for hydroxylation is 1. The van der Waals surface area contributed by atoms with E-state index < -0.39 is 41.5 Å². The van der Waals surface area contributed by atoms with Gasteiger partial charge in [-0.2, -0.15) is 27.1 Å². The van der Waals surface area contributed by atoms with Crippen molar-refractivity contribution < 1.29 is 40.3 Å². The normalized spacial score (nSPS) is 15.3. The van der Waals surface area contributed by atoms with E-state index >= 15 is 0 Å². The number of benzene rings is 1. The third kappa shape index (κ3) is 5.06. The first-order valence-electron chi connectivity index (χ1n) is 10.6. The van der Waals surface area contributed by atoms with Crippen molar-refractivity contribution in [1.82, 2.24) is 19.6 Å². The molecule has 14 heteroatoms. The number of ether oxygens (including phenoxy) is 1. The number of hydrogen-bond acceptors (Lipinski definition) is 4. The van der Waals surface area contributed by atoms with Gasteiger partial charge in [-0.1, -0.05) is 11.6 Å². The summed E-state index contributed by atoms with van der Waals surface area (Å²) in [5.74, 6) is -3.43. The molecule has 0 radical (unpaired) electrons. The molecule has 194 valence electrons. The number of carbonyl (C=O) groups excluding carboxylic acids is 1. The number of alkyl halides is 6. The number of ketones is 1. The molecule has 1 atom stereocenters. The van der Waals surface area contributed by atoms with Crippen LogP contribution in [0.1, 0.15) is 42.1 Å². The van der Waals surface area contributed by atoms with Crippen LogP contribution in [0.25, 0.3) is 16.9 Å². The van der Waals surface area contributed by atoms with Crippen molar-refractivity contribution in [2.75, 3.05) is 0 Å². The maximum absolute atomic E-state index is 14.5. The third-order valence-corrected chi connectivity index (χ3v) is 5.98. The van der Waals surface area contributed by atoms with Crippen LogP contribution in [0.3, 0.4) is 0 Å². The van der Waals surface area contributed by atoms with Crippen LogP contribution in [-0.4, -0.2) is 37.6 Å². The highest BCUT2D eigenvalue weighted by atomic mass is 35.5. The zero-order valence-corrected chi connectivity index (χ0v) is 19.5. The number of nitrogens with zero attached hydrogens (tertiary/aromatic N) is 4. The first-order valence-corrected chi connectivity index (χ1v) is 11.0. The van der Waals surface area contributed by atoms with E-state index in [9.17, 15) is 35.5 Å². The van der Waals surface area contributed by atoms with Gasteiger partial charge in [0.05, 0.1) is 11.2 Å². The molecule has 0 spiro atoms. The Balaban J connectivity index is 1.76. The van der Waals surface area contributed by atoms with Gasteiger partial charge in [0.2, 0.25) is 6.17 Å². The second-order valence-electron chi connectivity index (χ2n) is 8.47. The Morgan fingerprint density at radius 3 is 2.47 bits per heavy atom. The van der Waals surface area contributed by atoms with Gasteiger partial charge >= 0.3 is 12.3 Å². The lowest BCUT2D eigenvalue weighted by Crippen LogP contribution is -2.35. The molecular formula is C22H18ClF7N4O2. The van der Waals surface area contributed by atoms with Gasteiger partial charge in [-0.15, -0.1) is 5.10 Å². The minimum absolute atomic E-state index is 0.0684. The Morgan fingerprint density at radius 2 is 1.89 bits per heavy atom. The third-order valence-electron chi connectivity index (χ3n) is 5.60. The van der Waals surface area contributed by atoms with E-state index in [2.05, 4.69) is 14.9 Å². The summed E-state index contributed by atoms with van der Waals surface area (Å²) in [6.07, 6.45) is -8.64. The molecule has 1 unspecified atom stereocenters. The molecule has 1 aromatic carbocycles. The standard InChI is InChI=1S/C22H18ClF7N4O2/c1-10(24)22(29,30)36-19-17(21(26,27)28)20(33(2)32-19)34-9-13(8-31-34)12-6-14(18(23)15(25)7-12)16(35)5-11-3-4-11/h6-11H,3-5H2,1-2H3. The van der Waals surface area contributed by atoms with Gasteiger partial charge in [0.1, 0.15) is 5.82 Å². The first kappa shape index (κ1) is 26.0. The summed E-state index contributed by atoms with van der Waals surface area (Å²) in [6, 6.07) is 2.30. The lowest BCUT2D eigenvalue weighted by atomic mass is 10.0. The molecule has 2 aromatic heterocycles. The first-order chi connectivity index (χ1) is 16.7. The second kappa shape index (κ2) is 9.09. The van der Waals surface area contributed by atoms with Crippen molar-refractivity contribution in [3.05, 3.63) is 46.5 Å². The topological polar surface area (TPSA) is 61.9 Å². The Kier molecular flexibility index (Phi) is 6.56. The number of carbonyl (C=O) groups is 1. The molecule has 36 heavy (non-hydrogen) atoms. The predicted octanol–water partition coefficient (Wildman–Crippen LogP) is 6.40. The quantitative estimate of drug-likeness (QED) is 0.246. The summed E-state index contributed by atoms with van der Waals surface area (Å²) in [7, 11) is 1.02. The number of Topliss-reactive ketones (excluding diaryl/α,β-unsaturated/α-hetero) is 1. The zero-order chi connectivity index (χ0) is 26.6. The molecule has 0 N–H and O–H groups in total. The minimum atomic E-state index is -5.24. The van der Waals surface area contributed by atoms with Gasteiger partial charge in [-0.3, -0.25) is 4.79 Å². The van der Waals surface area contributed by atoms with Gasteiger partial charge in [-0.25, -0.2) is 18.1 Å². The van der Waals surface area contributed by atoms with E-state index in [1.807, 2.05) is 0 Å². The van der Waals surface area contributed by atoms with Crippen molar-refractivity contribution in [3.63, 3.8) is 0 Å². The van der Waals surface area contributed by atoms with E-state index in [0.717, 1.165) is 38.3 Å². The lowest BCUT2D eigenvalue weighted by Gasteiger charge is -2.18. The number of rotatable bonds is 8. The molecule has 0 saturated heterocycles. The van der Waals surface area contributed by atoms with E-state index in [1.54, 1.807) is 0 Å². The molecule has 6 nitrogen and oxygen atoms in total. The fraction of sp³-hybridized carbons (Fsp3) is 0.409. The van der Waals surface area contributed by atoms with Crippen LogP contribution in [0.2, 0.25) is 5.02 Å². The molecule has 4 rings (SSSR count). The fourth-order valence-electron chi connectivity index (χ4n) is 3.52. The smallest absolute Gasteiger partial charge is 0.410 e. The maximum atomic E-state index is 14.5. The van der Waals surface area contributed by atoms with Crippen molar-refractivity contribution in [1.29, 1.82) is 0 Å². The molecule has 2 heterocycles. The van der Waals surface area contributed by atoms with Gasteiger partial charge in [0.25, 0.3) is 5.88 Å². The van der Waals surface area contributed by atoms with Gasteiger partial charge in [0.15, 0.2) is 17.2 Å². The largest absolute Gasteiger partial charge is 0.430 e. The molecule has 1 aliphatic rings. The molecular weight excluding hydrogens is 521 g/mol. The van der Waals surface area contributed by atoms with E-state index in [4.69, 9.17) is 11.6 Å². The van der Waals surface area contributed by atoms with Crippen LogP contribution in [0.15, 0.2) is 24.5 Å². The van der Waals surface area contributed by atoms with E-state index in [-0.39, 0.29) is 39.8 Å². The van der Waals surface area contributed by atoms with Crippen LogP contribution in [0.5, 0.6) is 5.88 Å². The molecule has 0 bridgehead atoms. The summed E-state index contributed by atoms with van der Waals surface area (Å²) in [5, 5.41) is 6.80. The predicted molar refractivity (Wildman–Crippen MR) is 114 cm³/mol. The van der Waals surface area contributed by atoms with Crippen LogP contribution < -0.4 is 4.74 Å². The molecule has 0 amide bonds. The van der Waals surface area contributed by atoms with Gasteiger partial charge < -0.3 is 4.74 Å². The number of hydrogen-bond donors (Lipinski definition) is 0. The van der Waals surface area contributed by atoms with Crippen molar-refractivity contribution in [2.45, 2.75) is 44.6 Å². The SMILES string of the molecule is CC(F)C(F)(F)Oc1nn(C)c(-n2cc(-c3cc(F)c(Cl)c(C(=O)CC4CC4)c3)cn2)c1C(F)(F)F. The van der Waals surface area contributed by atoms with Gasteiger partial charge in [-0.05, 0) is 43.4 Å². The van der Waals surface area contributed by atoms with E-state index in [1.165, 1.54) is 6.07 Å². The number of halogens is 8. The summed E-state index contributed by atoms with van der Waals surface area (Å²) >= 11 is 5.97. The fourth-order valence-corrected chi connectivity index (χ4v) is 3.74. The van der Waals surface area contributed by atoms with Crippen LogP contribution in [0, 0.1) is 11.7 Å². The minimum Gasteiger partial charge on any atom is -0.410 e. The molecule has 0 aliphatic heterocycles. The Morgan fingerprint density at radius 1 is 1.22 bits per heavy atom. The Labute approximate surface area is 204 Å². The van der Waals surface area contributed by atoms with Crippen LogP contribution in [-0.2, 0) is 13.2 Å². The van der Waals surface area contributed by atoms with Crippen LogP contribution in [0.4, 0.5) is 30.7 Å². The zero-order valence-electron chi connectivity index (χ0n) is 18.7. The molecule has 1 aliphatic carbocycles. The highest BCUT2D eigenvalue weighted by molar-refractivity contribution is 6.34. The Bertz CT molecular complexity index is 1310. The molecule has 3 aromatic rings. The highest BCUT2D eigenvalue weighted by Crippen LogP contribution is 2.42. The summed E-state index contributed by atoms with van der Waals surface area (Å²) in [5.41, 5.74) is -1.58. The van der Waals surface area contributed by atoms with Crippen molar-refractivity contribution in [3.8, 4) is 22.8 Å². The van der Waals surface area contributed by atoms with Crippen LogP contribution >= 0.6 is 11.6 Å². The number of aromatic nitrogens is 4. The lowest BCUT2D eigenvalue weighted by molar-refractivity contribution is -0.220. The summed E-state index contributed by atoms with van der Waals surface area (Å²) in [6.45, 7) is 0.422. The van der Waals surface area contributed by atoms with Gasteiger partial charge in [0, 0.05) is 30.8 Å². The molecule has 1 fully saturated rings. The van der Waals surface area contributed by atoms with Crippen molar-refractivity contribution >= 4 is 17.4 Å². The highest BCUT2D eigenvalue weighted by Gasteiger charge is 2.47. The Hall–Kier alpha value is -3.09.